The fourth-order valence-corrected chi connectivity index (χ4v) is 3.70. The normalized spacial score (nSPS) is 14.2. The van der Waals surface area contributed by atoms with Crippen molar-refractivity contribution in [2.75, 3.05) is 20.6 Å². The van der Waals surface area contributed by atoms with Gasteiger partial charge in [-0.25, -0.2) is 13.1 Å². The van der Waals surface area contributed by atoms with E-state index in [0.717, 1.165) is 0 Å². The fourth-order valence-electron chi connectivity index (χ4n) is 1.97. The molecule has 1 aromatic rings. The van der Waals surface area contributed by atoms with Crippen LogP contribution in [-0.2, 0) is 16.6 Å². The first-order valence-corrected chi connectivity index (χ1v) is 7.99. The van der Waals surface area contributed by atoms with Crippen LogP contribution in [0.5, 0.6) is 0 Å². The quantitative estimate of drug-likeness (QED) is 0.662. The molecule has 7 nitrogen and oxygen atoms in total. The van der Waals surface area contributed by atoms with E-state index in [1.165, 1.54) is 0 Å². The molecule has 0 aromatic carbocycles. The van der Waals surface area contributed by atoms with Gasteiger partial charge in [-0.3, -0.25) is 5.10 Å². The molecular weight excluding hydrogens is 280 g/mol. The summed E-state index contributed by atoms with van der Waals surface area (Å²) in [5.74, 6) is 0.150. The molecule has 0 aliphatic carbocycles. The average molecular weight is 304 g/mol. The van der Waals surface area contributed by atoms with Crippen LogP contribution in [0.15, 0.2) is 4.90 Å². The van der Waals surface area contributed by atoms with Crippen LogP contribution in [0, 0.1) is 12.8 Å². The summed E-state index contributed by atoms with van der Waals surface area (Å²) < 4.78 is 27.7. The van der Waals surface area contributed by atoms with E-state index in [4.69, 9.17) is 0 Å². The first-order chi connectivity index (χ1) is 9.19. The van der Waals surface area contributed by atoms with Crippen molar-refractivity contribution in [3.05, 3.63) is 11.4 Å². The van der Waals surface area contributed by atoms with Crippen LogP contribution in [-0.4, -0.2) is 55.3 Å². The Morgan fingerprint density at radius 2 is 2.00 bits per heavy atom. The van der Waals surface area contributed by atoms with Gasteiger partial charge in [0.05, 0.1) is 12.3 Å². The number of nitrogens with zero attached hydrogens (tertiary/aromatic N) is 2. The van der Waals surface area contributed by atoms with Crippen molar-refractivity contribution in [2.45, 2.75) is 38.3 Å². The molecule has 0 saturated heterocycles. The van der Waals surface area contributed by atoms with Crippen molar-refractivity contribution in [3.8, 4) is 0 Å². The molecular formula is C12H24N4O3S. The summed E-state index contributed by atoms with van der Waals surface area (Å²) in [6.45, 7) is 5.73. The molecule has 1 rings (SSSR count). The van der Waals surface area contributed by atoms with E-state index in [-0.39, 0.29) is 22.5 Å². The molecule has 0 aliphatic heterocycles. The van der Waals surface area contributed by atoms with Crippen molar-refractivity contribution in [3.63, 3.8) is 0 Å². The molecule has 116 valence electrons. The molecule has 0 saturated carbocycles. The van der Waals surface area contributed by atoms with Crippen LogP contribution < -0.4 is 4.72 Å². The maximum Gasteiger partial charge on any atom is 0.244 e. The predicted octanol–water partition coefficient (Wildman–Crippen LogP) is 0.0749. The molecule has 1 heterocycles. The van der Waals surface area contributed by atoms with Gasteiger partial charge in [-0.1, -0.05) is 13.8 Å². The van der Waals surface area contributed by atoms with Gasteiger partial charge in [0.2, 0.25) is 10.0 Å². The van der Waals surface area contributed by atoms with Crippen LogP contribution in [0.3, 0.4) is 0 Å². The molecule has 0 aliphatic rings. The van der Waals surface area contributed by atoms with Gasteiger partial charge in [0.25, 0.3) is 0 Å². The number of aryl methyl sites for hydroxylation is 1. The Morgan fingerprint density at radius 1 is 1.40 bits per heavy atom. The third-order valence-electron chi connectivity index (χ3n) is 3.05. The molecule has 8 heteroatoms. The van der Waals surface area contributed by atoms with Crippen LogP contribution in [0.1, 0.15) is 25.2 Å². The number of rotatable bonds is 7. The smallest absolute Gasteiger partial charge is 0.244 e. The van der Waals surface area contributed by atoms with Crippen molar-refractivity contribution >= 4 is 10.0 Å². The highest BCUT2D eigenvalue weighted by molar-refractivity contribution is 7.89. The largest absolute Gasteiger partial charge is 0.390 e. The third kappa shape index (κ3) is 4.02. The number of likely N-dealkylation sites (N-methyl/N-ethyl adjacent to an activating group) is 1. The molecule has 0 fully saturated rings. The number of aliphatic hydroxyl groups excluding tert-OH is 1. The maximum atomic E-state index is 12.5. The predicted molar refractivity (Wildman–Crippen MR) is 76.7 cm³/mol. The zero-order chi connectivity index (χ0) is 15.5. The summed E-state index contributed by atoms with van der Waals surface area (Å²) in [5.41, 5.74) is 0.566. The number of hydrogen-bond donors (Lipinski definition) is 3. The number of aliphatic hydroxyl groups is 1. The zero-order valence-electron chi connectivity index (χ0n) is 12.6. The van der Waals surface area contributed by atoms with Crippen LogP contribution >= 0.6 is 0 Å². The minimum Gasteiger partial charge on any atom is -0.390 e. The van der Waals surface area contributed by atoms with E-state index in [1.54, 1.807) is 6.92 Å². The van der Waals surface area contributed by atoms with Crippen molar-refractivity contribution in [1.29, 1.82) is 0 Å². The van der Waals surface area contributed by atoms with Gasteiger partial charge in [0, 0.05) is 12.6 Å². The Kier molecular flexibility index (Phi) is 5.69. The molecule has 0 bridgehead atoms. The average Bonchev–Trinajstić information content (AvgIpc) is 2.69. The monoisotopic (exact) mass is 304 g/mol. The second-order valence-electron chi connectivity index (χ2n) is 5.52. The molecule has 0 radical (unpaired) electrons. The number of hydrogen-bond acceptors (Lipinski definition) is 5. The molecule has 0 amide bonds. The van der Waals surface area contributed by atoms with Gasteiger partial charge >= 0.3 is 0 Å². The van der Waals surface area contributed by atoms with Crippen molar-refractivity contribution < 1.29 is 13.5 Å². The Labute approximate surface area is 120 Å². The first kappa shape index (κ1) is 17.1. The lowest BCUT2D eigenvalue weighted by atomic mass is 10.1. The van der Waals surface area contributed by atoms with Gasteiger partial charge < -0.3 is 10.0 Å². The highest BCUT2D eigenvalue weighted by Gasteiger charge is 2.28. The lowest BCUT2D eigenvalue weighted by Crippen LogP contribution is -2.45. The van der Waals surface area contributed by atoms with Gasteiger partial charge in [-0.2, -0.15) is 5.10 Å². The minimum absolute atomic E-state index is 0.0457. The lowest BCUT2D eigenvalue weighted by molar-refractivity contribution is 0.273. The number of aromatic amines is 1. The SMILES string of the molecule is Cc1[nH]nc(CO)c1S(=O)(=O)NC(CN(C)C)C(C)C. The Balaban J connectivity index is 3.06. The molecule has 20 heavy (non-hydrogen) atoms. The number of sulfonamides is 1. The summed E-state index contributed by atoms with van der Waals surface area (Å²) >= 11 is 0. The Morgan fingerprint density at radius 3 is 2.45 bits per heavy atom. The molecule has 0 spiro atoms. The second kappa shape index (κ2) is 6.66. The zero-order valence-corrected chi connectivity index (χ0v) is 13.5. The van der Waals surface area contributed by atoms with Gasteiger partial charge in [-0.05, 0) is 26.9 Å². The molecule has 1 aromatic heterocycles. The first-order valence-electron chi connectivity index (χ1n) is 6.50. The van der Waals surface area contributed by atoms with E-state index in [1.807, 2.05) is 32.8 Å². The lowest BCUT2D eigenvalue weighted by Gasteiger charge is -2.25. The number of nitrogens with one attached hydrogen (secondary N) is 2. The van der Waals surface area contributed by atoms with Gasteiger partial charge in [0.1, 0.15) is 10.6 Å². The second-order valence-corrected chi connectivity index (χ2v) is 7.17. The van der Waals surface area contributed by atoms with E-state index < -0.39 is 16.6 Å². The van der Waals surface area contributed by atoms with Crippen molar-refractivity contribution in [1.82, 2.24) is 19.8 Å². The summed E-state index contributed by atoms with van der Waals surface area (Å²) in [5, 5.41) is 15.6. The Hall–Kier alpha value is -0.960. The standard InChI is InChI=1S/C12H24N4O3S/c1-8(2)10(6-16(4)5)15-20(18,19)12-9(3)13-14-11(12)7-17/h8,10,15,17H,6-7H2,1-5H3,(H,13,14). The van der Waals surface area contributed by atoms with E-state index >= 15 is 0 Å². The molecule has 1 unspecified atom stereocenters. The van der Waals surface area contributed by atoms with Crippen LogP contribution in [0.4, 0.5) is 0 Å². The summed E-state index contributed by atoms with van der Waals surface area (Å²) in [6.07, 6.45) is 0. The number of aromatic nitrogens is 2. The highest BCUT2D eigenvalue weighted by atomic mass is 32.2. The van der Waals surface area contributed by atoms with Gasteiger partial charge in [-0.15, -0.1) is 0 Å². The molecule has 3 N–H and O–H groups in total. The number of H-pyrrole nitrogens is 1. The van der Waals surface area contributed by atoms with Gasteiger partial charge in [0.15, 0.2) is 0 Å². The Bertz CT molecular complexity index is 537. The van der Waals surface area contributed by atoms with Crippen LogP contribution in [0.25, 0.3) is 0 Å². The topological polar surface area (TPSA) is 98.3 Å². The van der Waals surface area contributed by atoms with E-state index in [9.17, 15) is 13.5 Å². The van der Waals surface area contributed by atoms with E-state index in [2.05, 4.69) is 14.9 Å². The fraction of sp³-hybridized carbons (Fsp3) is 0.750. The summed E-state index contributed by atoms with van der Waals surface area (Å²) in [6, 6.07) is -0.212. The van der Waals surface area contributed by atoms with Crippen molar-refractivity contribution in [2.24, 2.45) is 5.92 Å². The van der Waals surface area contributed by atoms with E-state index in [0.29, 0.717) is 12.2 Å². The summed E-state index contributed by atoms with van der Waals surface area (Å²) in [7, 11) is 0.0789. The summed E-state index contributed by atoms with van der Waals surface area (Å²) in [4.78, 5) is 1.98. The minimum atomic E-state index is -3.71. The van der Waals surface area contributed by atoms with Crippen LogP contribution in [0.2, 0.25) is 0 Å². The molecule has 1 atom stereocenters. The maximum absolute atomic E-state index is 12.5. The highest BCUT2D eigenvalue weighted by Crippen LogP contribution is 2.19. The third-order valence-corrected chi connectivity index (χ3v) is 4.75.